The van der Waals surface area contributed by atoms with E-state index in [1.165, 1.54) is 32.6 Å². The Morgan fingerprint density at radius 3 is 2.48 bits per heavy atom. The van der Waals surface area contributed by atoms with Gasteiger partial charge in [-0.25, -0.2) is 0 Å². The normalized spacial score (nSPS) is 16.4. The average Bonchev–Trinajstić information content (AvgIpc) is 2.91. The third kappa shape index (κ3) is 3.75. The van der Waals surface area contributed by atoms with Crippen molar-refractivity contribution in [1.82, 2.24) is 0 Å². The standard InChI is InChI=1S/C21H27N2OS/c1-5-17(14-24)13-23-15(2)10-18(11-16(23)3)12-21-22(4)19-8-6-7-9-20(19)25-21/h6-12,17,24H,5,13-14H2,1-4H3/q+1/t17-/m1/s1. The summed E-state index contributed by atoms with van der Waals surface area (Å²) in [5, 5.41) is 10.7. The Hall–Kier alpha value is -1.78. The molecule has 1 aliphatic rings. The van der Waals surface area contributed by atoms with E-state index in [2.05, 4.69) is 79.8 Å². The molecule has 0 spiro atoms. The van der Waals surface area contributed by atoms with E-state index in [0.717, 1.165) is 13.0 Å². The summed E-state index contributed by atoms with van der Waals surface area (Å²) in [6, 6.07) is 13.0. The Kier molecular flexibility index (Phi) is 5.50. The summed E-state index contributed by atoms with van der Waals surface area (Å²) >= 11 is 1.82. The first kappa shape index (κ1) is 18.0. The molecule has 0 aliphatic carbocycles. The number of aliphatic hydroxyl groups is 1. The van der Waals surface area contributed by atoms with Crippen LogP contribution in [-0.4, -0.2) is 18.8 Å². The van der Waals surface area contributed by atoms with Crippen molar-refractivity contribution in [2.45, 2.75) is 38.6 Å². The van der Waals surface area contributed by atoms with Crippen molar-refractivity contribution in [3.63, 3.8) is 0 Å². The fourth-order valence-electron chi connectivity index (χ4n) is 3.29. The highest BCUT2D eigenvalue weighted by atomic mass is 32.2. The van der Waals surface area contributed by atoms with Crippen LogP contribution in [-0.2, 0) is 6.54 Å². The molecule has 2 aromatic rings. The lowest BCUT2D eigenvalue weighted by atomic mass is 10.1. The number of hydrogen-bond donors (Lipinski definition) is 1. The summed E-state index contributed by atoms with van der Waals surface area (Å²) in [5.41, 5.74) is 4.97. The van der Waals surface area contributed by atoms with Gasteiger partial charge < -0.3 is 10.0 Å². The predicted octanol–water partition coefficient (Wildman–Crippen LogP) is 4.15. The van der Waals surface area contributed by atoms with Crippen LogP contribution in [0.25, 0.3) is 6.08 Å². The van der Waals surface area contributed by atoms with E-state index in [0.29, 0.717) is 5.92 Å². The number of hydrogen-bond acceptors (Lipinski definition) is 3. The maximum absolute atomic E-state index is 9.50. The van der Waals surface area contributed by atoms with Gasteiger partial charge in [0.15, 0.2) is 17.9 Å². The third-order valence-corrected chi connectivity index (χ3v) is 6.11. The molecular weight excluding hydrogens is 328 g/mol. The van der Waals surface area contributed by atoms with Crippen LogP contribution in [0.3, 0.4) is 0 Å². The summed E-state index contributed by atoms with van der Waals surface area (Å²) in [7, 11) is 2.13. The van der Waals surface area contributed by atoms with Crippen molar-refractivity contribution in [3.8, 4) is 0 Å². The molecule has 0 amide bonds. The van der Waals surface area contributed by atoms with E-state index in [1.54, 1.807) is 0 Å². The van der Waals surface area contributed by atoms with Crippen LogP contribution in [0.15, 0.2) is 46.3 Å². The highest BCUT2D eigenvalue weighted by Gasteiger charge is 2.22. The zero-order valence-corrected chi connectivity index (χ0v) is 16.3. The molecule has 0 radical (unpaired) electrons. The van der Waals surface area contributed by atoms with Gasteiger partial charge in [-0.2, -0.15) is 4.57 Å². The smallest absolute Gasteiger partial charge is 0.179 e. The van der Waals surface area contributed by atoms with E-state index in [9.17, 15) is 5.11 Å². The van der Waals surface area contributed by atoms with Crippen LogP contribution in [0.2, 0.25) is 0 Å². The minimum atomic E-state index is 0.244. The lowest BCUT2D eigenvalue weighted by Gasteiger charge is -2.14. The van der Waals surface area contributed by atoms with Gasteiger partial charge >= 0.3 is 0 Å². The molecule has 1 aromatic heterocycles. The molecule has 4 heteroatoms. The average molecular weight is 356 g/mol. The van der Waals surface area contributed by atoms with Gasteiger partial charge in [0.25, 0.3) is 0 Å². The topological polar surface area (TPSA) is 27.4 Å². The van der Waals surface area contributed by atoms with E-state index in [1.807, 2.05) is 11.8 Å². The van der Waals surface area contributed by atoms with E-state index >= 15 is 0 Å². The third-order valence-electron chi connectivity index (χ3n) is 4.94. The van der Waals surface area contributed by atoms with Crippen LogP contribution in [0.1, 0.15) is 30.3 Å². The van der Waals surface area contributed by atoms with Gasteiger partial charge in [-0.05, 0) is 30.2 Å². The Morgan fingerprint density at radius 2 is 1.88 bits per heavy atom. The summed E-state index contributed by atoms with van der Waals surface area (Å²) in [6.07, 6.45) is 3.26. The molecule has 3 nitrogen and oxygen atoms in total. The predicted molar refractivity (Wildman–Crippen MR) is 106 cm³/mol. The molecule has 0 bridgehead atoms. The quantitative estimate of drug-likeness (QED) is 0.817. The molecule has 0 fully saturated rings. The minimum absolute atomic E-state index is 0.244. The zero-order chi connectivity index (χ0) is 18.0. The number of fused-ring (bicyclic) bond motifs is 1. The molecule has 1 atom stereocenters. The SMILES string of the molecule is CC[C@@H](CO)C[n+]1c(C)cc(C=C2Sc3ccccc3N2C)cc1C. The number of benzene rings is 1. The van der Waals surface area contributed by atoms with Crippen molar-refractivity contribution in [2.75, 3.05) is 18.6 Å². The first-order valence-corrected chi connectivity index (χ1v) is 9.69. The van der Waals surface area contributed by atoms with Crippen LogP contribution in [0.4, 0.5) is 5.69 Å². The number of thioether (sulfide) groups is 1. The zero-order valence-electron chi connectivity index (χ0n) is 15.5. The van der Waals surface area contributed by atoms with Crippen molar-refractivity contribution >= 4 is 23.5 Å². The first-order chi connectivity index (χ1) is 12.0. The Morgan fingerprint density at radius 1 is 1.20 bits per heavy atom. The maximum atomic E-state index is 9.50. The van der Waals surface area contributed by atoms with Crippen LogP contribution < -0.4 is 9.47 Å². The second-order valence-electron chi connectivity index (χ2n) is 6.75. The Labute approximate surface area is 155 Å². The maximum Gasteiger partial charge on any atom is 0.179 e. The summed E-state index contributed by atoms with van der Waals surface area (Å²) in [5.74, 6) is 0.317. The van der Waals surface area contributed by atoms with Gasteiger partial charge in [-0.3, -0.25) is 0 Å². The first-order valence-electron chi connectivity index (χ1n) is 8.87. The van der Waals surface area contributed by atoms with Gasteiger partial charge in [0.1, 0.15) is 0 Å². The molecule has 0 saturated carbocycles. The number of anilines is 1. The molecular formula is C21H27N2OS+. The largest absolute Gasteiger partial charge is 0.396 e. The molecule has 132 valence electrons. The highest BCUT2D eigenvalue weighted by Crippen LogP contribution is 2.45. The highest BCUT2D eigenvalue weighted by molar-refractivity contribution is 8.03. The van der Waals surface area contributed by atoms with Crippen molar-refractivity contribution in [2.24, 2.45) is 5.92 Å². The number of aromatic nitrogens is 1. The number of rotatable bonds is 5. The Balaban J connectivity index is 1.88. The fourth-order valence-corrected chi connectivity index (χ4v) is 4.40. The van der Waals surface area contributed by atoms with E-state index < -0.39 is 0 Å². The molecule has 25 heavy (non-hydrogen) atoms. The molecule has 0 unspecified atom stereocenters. The molecule has 1 aliphatic heterocycles. The second kappa shape index (κ2) is 7.63. The fraction of sp³-hybridized carbons (Fsp3) is 0.381. The molecule has 1 N–H and O–H groups in total. The lowest BCUT2D eigenvalue weighted by molar-refractivity contribution is -0.714. The van der Waals surface area contributed by atoms with Crippen LogP contribution >= 0.6 is 11.8 Å². The molecule has 3 rings (SSSR count). The number of pyridine rings is 1. The molecule has 2 heterocycles. The van der Waals surface area contributed by atoms with Crippen LogP contribution in [0.5, 0.6) is 0 Å². The van der Waals surface area contributed by atoms with Gasteiger partial charge in [-0.1, -0.05) is 30.8 Å². The van der Waals surface area contributed by atoms with Gasteiger partial charge in [0.2, 0.25) is 0 Å². The summed E-state index contributed by atoms with van der Waals surface area (Å²) < 4.78 is 2.31. The van der Waals surface area contributed by atoms with Gasteiger partial charge in [-0.15, -0.1) is 0 Å². The number of nitrogens with zero attached hydrogens (tertiary/aromatic N) is 2. The van der Waals surface area contributed by atoms with Crippen LogP contribution in [0, 0.1) is 19.8 Å². The molecule has 0 saturated heterocycles. The van der Waals surface area contributed by atoms with Crippen molar-refractivity contribution in [1.29, 1.82) is 0 Å². The van der Waals surface area contributed by atoms with Gasteiger partial charge in [0.05, 0.1) is 17.3 Å². The van der Waals surface area contributed by atoms with E-state index in [-0.39, 0.29) is 6.61 Å². The molecule has 1 aromatic carbocycles. The summed E-state index contributed by atoms with van der Waals surface area (Å²) in [6.45, 7) is 7.56. The minimum Gasteiger partial charge on any atom is -0.396 e. The Bertz CT molecular complexity index is 773. The van der Waals surface area contributed by atoms with Crippen molar-refractivity contribution < 1.29 is 9.67 Å². The number of aliphatic hydroxyl groups excluding tert-OH is 1. The van der Waals surface area contributed by atoms with Crippen molar-refractivity contribution in [3.05, 3.63) is 58.4 Å². The van der Waals surface area contributed by atoms with E-state index in [4.69, 9.17) is 0 Å². The van der Waals surface area contributed by atoms with Gasteiger partial charge in [0, 0.05) is 43.8 Å². The number of aryl methyl sites for hydroxylation is 2. The summed E-state index contributed by atoms with van der Waals surface area (Å²) in [4.78, 5) is 3.56. The second-order valence-corrected chi connectivity index (χ2v) is 7.81. The number of para-hydroxylation sites is 1. The lowest BCUT2D eigenvalue weighted by Crippen LogP contribution is -2.44. The monoisotopic (exact) mass is 355 g/mol.